The highest BCUT2D eigenvalue weighted by molar-refractivity contribution is 7.90. The van der Waals surface area contributed by atoms with E-state index < -0.39 is 32.6 Å². The molecule has 0 aliphatic rings. The second-order valence-corrected chi connectivity index (χ2v) is 7.66. The second-order valence-electron chi connectivity index (χ2n) is 5.57. The van der Waals surface area contributed by atoms with Gasteiger partial charge in [-0.25, -0.2) is 17.8 Å². The molecule has 6 nitrogen and oxygen atoms in total. The molecule has 3 aromatic rings. The number of sulfonamides is 1. The van der Waals surface area contributed by atoms with Gasteiger partial charge < -0.3 is 0 Å². The average molecular weight is 430 g/mol. The molecule has 1 amide bonds. The molecule has 0 saturated carbocycles. The molecule has 0 bridgehead atoms. The lowest BCUT2D eigenvalue weighted by Crippen LogP contribution is -2.31. The minimum Gasteiger partial charge on any atom is -0.268 e. The summed E-state index contributed by atoms with van der Waals surface area (Å²) in [6.07, 6.45) is -1.62. The number of nitrogens with zero attached hydrogens (tertiary/aromatic N) is 2. The van der Waals surface area contributed by atoms with Crippen molar-refractivity contribution < 1.29 is 26.4 Å². The molecule has 1 N–H and O–H groups in total. The van der Waals surface area contributed by atoms with Gasteiger partial charge >= 0.3 is 6.18 Å². The molecule has 0 fully saturated rings. The van der Waals surface area contributed by atoms with E-state index in [0.29, 0.717) is 11.8 Å². The SMILES string of the molecule is O=C(NS(=O)(=O)c1cccc(C(F)(F)F)c1)c1cc(-n2cccn2)ccc1Cl. The van der Waals surface area contributed by atoms with E-state index in [2.05, 4.69) is 5.10 Å². The van der Waals surface area contributed by atoms with Gasteiger partial charge in [0.15, 0.2) is 0 Å². The van der Waals surface area contributed by atoms with Crippen molar-refractivity contribution in [1.29, 1.82) is 0 Å². The smallest absolute Gasteiger partial charge is 0.268 e. The fourth-order valence-electron chi connectivity index (χ4n) is 2.33. The number of aromatic nitrogens is 2. The van der Waals surface area contributed by atoms with E-state index in [1.807, 2.05) is 0 Å². The summed E-state index contributed by atoms with van der Waals surface area (Å²) in [5.41, 5.74) is -0.886. The van der Waals surface area contributed by atoms with Crippen molar-refractivity contribution >= 4 is 27.5 Å². The van der Waals surface area contributed by atoms with Crippen molar-refractivity contribution in [3.8, 4) is 5.69 Å². The van der Waals surface area contributed by atoms with Crippen LogP contribution in [-0.2, 0) is 16.2 Å². The summed E-state index contributed by atoms with van der Waals surface area (Å²) in [5.74, 6) is -1.09. The molecule has 1 heterocycles. The van der Waals surface area contributed by atoms with Crippen LogP contribution < -0.4 is 4.72 Å². The van der Waals surface area contributed by atoms with Crippen molar-refractivity contribution in [1.82, 2.24) is 14.5 Å². The van der Waals surface area contributed by atoms with Gasteiger partial charge in [-0.1, -0.05) is 17.7 Å². The van der Waals surface area contributed by atoms with Crippen molar-refractivity contribution in [2.24, 2.45) is 0 Å². The summed E-state index contributed by atoms with van der Waals surface area (Å²) in [7, 11) is -4.55. The Morgan fingerprint density at radius 2 is 1.86 bits per heavy atom. The zero-order valence-electron chi connectivity index (χ0n) is 13.8. The molecule has 2 aromatic carbocycles. The predicted molar refractivity (Wildman–Crippen MR) is 94.7 cm³/mol. The summed E-state index contributed by atoms with van der Waals surface area (Å²) in [4.78, 5) is 11.7. The Morgan fingerprint density at radius 1 is 1.11 bits per heavy atom. The van der Waals surface area contributed by atoms with Gasteiger partial charge in [0.05, 0.1) is 26.7 Å². The van der Waals surface area contributed by atoms with E-state index in [0.717, 1.165) is 18.2 Å². The largest absolute Gasteiger partial charge is 0.416 e. The molecular weight excluding hydrogens is 419 g/mol. The maximum atomic E-state index is 12.8. The highest BCUT2D eigenvalue weighted by atomic mass is 35.5. The predicted octanol–water partition coefficient (Wildman–Crippen LogP) is 3.66. The summed E-state index contributed by atoms with van der Waals surface area (Å²) in [6, 6.07) is 8.96. The molecule has 0 atom stereocenters. The Bertz CT molecular complexity index is 1130. The number of amides is 1. The molecule has 0 saturated heterocycles. The van der Waals surface area contributed by atoms with Gasteiger partial charge in [-0.15, -0.1) is 0 Å². The normalized spacial score (nSPS) is 12.0. The maximum absolute atomic E-state index is 12.8. The van der Waals surface area contributed by atoms with Gasteiger partial charge in [-0.3, -0.25) is 4.79 Å². The number of halogens is 4. The van der Waals surface area contributed by atoms with Crippen LogP contribution in [0.25, 0.3) is 5.69 Å². The van der Waals surface area contributed by atoms with Crippen LogP contribution in [0.3, 0.4) is 0 Å². The van der Waals surface area contributed by atoms with E-state index in [1.54, 1.807) is 23.1 Å². The van der Waals surface area contributed by atoms with Crippen LogP contribution in [0.15, 0.2) is 65.8 Å². The van der Waals surface area contributed by atoms with Crippen LogP contribution >= 0.6 is 11.6 Å². The number of alkyl halides is 3. The van der Waals surface area contributed by atoms with Gasteiger partial charge in [-0.05, 0) is 42.5 Å². The number of hydrogen-bond acceptors (Lipinski definition) is 4. The van der Waals surface area contributed by atoms with E-state index >= 15 is 0 Å². The van der Waals surface area contributed by atoms with Gasteiger partial charge in [0.25, 0.3) is 15.9 Å². The van der Waals surface area contributed by atoms with E-state index in [-0.39, 0.29) is 10.6 Å². The highest BCUT2D eigenvalue weighted by Gasteiger charge is 2.32. The Morgan fingerprint density at radius 3 is 2.50 bits per heavy atom. The first kappa shape index (κ1) is 19.9. The molecule has 28 heavy (non-hydrogen) atoms. The van der Waals surface area contributed by atoms with Crippen molar-refractivity contribution in [3.63, 3.8) is 0 Å². The maximum Gasteiger partial charge on any atom is 0.416 e. The third kappa shape index (κ3) is 4.18. The van der Waals surface area contributed by atoms with E-state index in [4.69, 9.17) is 11.6 Å². The average Bonchev–Trinajstić information content (AvgIpc) is 3.16. The number of carbonyl (C=O) groups is 1. The monoisotopic (exact) mass is 429 g/mol. The van der Waals surface area contributed by atoms with Crippen LogP contribution in [0, 0.1) is 0 Å². The molecule has 0 aliphatic heterocycles. The first-order valence-electron chi connectivity index (χ1n) is 7.62. The first-order chi connectivity index (χ1) is 13.1. The molecule has 0 unspecified atom stereocenters. The lowest BCUT2D eigenvalue weighted by atomic mass is 10.2. The van der Waals surface area contributed by atoms with E-state index in [9.17, 15) is 26.4 Å². The Labute approximate surface area is 162 Å². The quantitative estimate of drug-likeness (QED) is 0.686. The van der Waals surface area contributed by atoms with Crippen LogP contribution in [0.1, 0.15) is 15.9 Å². The first-order valence-corrected chi connectivity index (χ1v) is 9.48. The molecule has 11 heteroatoms. The fraction of sp³-hybridized carbons (Fsp3) is 0.0588. The molecule has 0 spiro atoms. The van der Waals surface area contributed by atoms with Crippen molar-refractivity contribution in [2.75, 3.05) is 0 Å². The zero-order chi connectivity index (χ0) is 20.5. The van der Waals surface area contributed by atoms with Crippen LogP contribution in [0.2, 0.25) is 5.02 Å². The molecular formula is C17H11ClF3N3O3S. The lowest BCUT2D eigenvalue weighted by molar-refractivity contribution is -0.137. The van der Waals surface area contributed by atoms with Crippen LogP contribution in [0.4, 0.5) is 13.2 Å². The fourth-order valence-corrected chi connectivity index (χ4v) is 3.54. The molecule has 146 valence electrons. The standard InChI is InChI=1S/C17H11ClF3N3O3S/c18-15-6-5-12(24-8-2-7-22-24)10-14(15)16(25)23-28(26,27)13-4-1-3-11(9-13)17(19,20)21/h1-10H,(H,23,25). The third-order valence-electron chi connectivity index (χ3n) is 3.66. The Hall–Kier alpha value is -2.85. The molecule has 0 radical (unpaired) electrons. The number of rotatable bonds is 4. The number of nitrogens with one attached hydrogen (secondary N) is 1. The summed E-state index contributed by atoms with van der Waals surface area (Å²) in [6.45, 7) is 0. The summed E-state index contributed by atoms with van der Waals surface area (Å²) < 4.78 is 66.3. The minimum absolute atomic E-state index is 0.0346. The number of benzene rings is 2. The highest BCUT2D eigenvalue weighted by Crippen LogP contribution is 2.30. The van der Waals surface area contributed by atoms with Crippen LogP contribution in [-0.4, -0.2) is 24.1 Å². The lowest BCUT2D eigenvalue weighted by Gasteiger charge is -2.11. The number of hydrogen-bond donors (Lipinski definition) is 1. The Kier molecular flexibility index (Phi) is 5.18. The van der Waals surface area contributed by atoms with Gasteiger partial charge in [-0.2, -0.15) is 18.3 Å². The van der Waals surface area contributed by atoms with Gasteiger partial charge in [0.2, 0.25) is 0 Å². The van der Waals surface area contributed by atoms with Gasteiger partial charge in [0, 0.05) is 12.4 Å². The summed E-state index contributed by atoms with van der Waals surface area (Å²) in [5, 5.41) is 3.95. The topological polar surface area (TPSA) is 81.1 Å². The van der Waals surface area contributed by atoms with Crippen LogP contribution in [0.5, 0.6) is 0 Å². The van der Waals surface area contributed by atoms with Crippen molar-refractivity contribution in [3.05, 3.63) is 77.1 Å². The molecule has 0 aliphatic carbocycles. The molecule has 1 aromatic heterocycles. The third-order valence-corrected chi connectivity index (χ3v) is 5.32. The Balaban J connectivity index is 1.91. The summed E-state index contributed by atoms with van der Waals surface area (Å²) >= 11 is 5.98. The molecule has 3 rings (SSSR count). The van der Waals surface area contributed by atoms with Crippen molar-refractivity contribution in [2.45, 2.75) is 11.1 Å². The zero-order valence-corrected chi connectivity index (χ0v) is 15.4. The van der Waals surface area contributed by atoms with Gasteiger partial charge in [0.1, 0.15) is 0 Å². The number of carbonyl (C=O) groups excluding carboxylic acids is 1. The van der Waals surface area contributed by atoms with E-state index in [1.165, 1.54) is 23.0 Å². The minimum atomic E-state index is -4.73. The second kappa shape index (κ2) is 7.28.